The fourth-order valence-electron chi connectivity index (χ4n) is 3.98. The highest BCUT2D eigenvalue weighted by Gasteiger charge is 2.30. The second-order valence-electron chi connectivity index (χ2n) is 7.18. The highest BCUT2D eigenvalue weighted by atomic mass is 16.6. The summed E-state index contributed by atoms with van der Waals surface area (Å²) in [6, 6.07) is 13.8. The molecule has 1 aliphatic heterocycles. The van der Waals surface area contributed by atoms with Crippen LogP contribution in [-0.2, 0) is 33.6 Å². The Kier molecular flexibility index (Phi) is 4.84. The minimum absolute atomic E-state index is 0.0660. The van der Waals surface area contributed by atoms with Gasteiger partial charge in [0.1, 0.15) is 5.75 Å². The number of aryl methyl sites for hydroxylation is 2. The van der Waals surface area contributed by atoms with Gasteiger partial charge >= 0.3 is 5.97 Å². The van der Waals surface area contributed by atoms with Gasteiger partial charge in [0, 0.05) is 11.7 Å². The van der Waals surface area contributed by atoms with Crippen molar-refractivity contribution in [3.8, 4) is 5.75 Å². The highest BCUT2D eigenvalue weighted by Crippen LogP contribution is 2.31. The third-order valence-corrected chi connectivity index (χ3v) is 5.26. The lowest BCUT2D eigenvalue weighted by atomic mass is 10.1. The van der Waals surface area contributed by atoms with Crippen LogP contribution in [0.5, 0.6) is 5.75 Å². The van der Waals surface area contributed by atoms with Gasteiger partial charge in [0.05, 0.1) is 0 Å². The van der Waals surface area contributed by atoms with Crippen LogP contribution in [0.3, 0.4) is 0 Å². The van der Waals surface area contributed by atoms with Gasteiger partial charge in [-0.25, -0.2) is 4.79 Å². The maximum absolute atomic E-state index is 12.5. The van der Waals surface area contributed by atoms with Gasteiger partial charge in [0.25, 0.3) is 5.91 Å². The second kappa shape index (κ2) is 7.43. The lowest BCUT2D eigenvalue weighted by Crippen LogP contribution is -2.39. The fourth-order valence-corrected chi connectivity index (χ4v) is 3.98. The van der Waals surface area contributed by atoms with E-state index in [0.29, 0.717) is 5.75 Å². The van der Waals surface area contributed by atoms with Gasteiger partial charge in [-0.05, 0) is 67.5 Å². The number of fused-ring (bicyclic) bond motifs is 2. The first-order valence-corrected chi connectivity index (χ1v) is 9.42. The number of hydrogen-bond acceptors (Lipinski definition) is 4. The Morgan fingerprint density at radius 3 is 2.74 bits per heavy atom. The van der Waals surface area contributed by atoms with Gasteiger partial charge in [0.2, 0.25) is 0 Å². The summed E-state index contributed by atoms with van der Waals surface area (Å²) in [5.74, 6) is -0.0802. The zero-order valence-corrected chi connectivity index (χ0v) is 15.4. The largest absolute Gasteiger partial charge is 0.482 e. The normalized spacial score (nSPS) is 17.4. The SMILES string of the molecule is CC1Cc2ccccc2N1C(=O)COC(=O)COc1ccc2c(c1)CCC2. The number of para-hydroxylation sites is 1. The molecule has 1 unspecified atom stereocenters. The minimum Gasteiger partial charge on any atom is -0.482 e. The number of esters is 1. The number of carbonyl (C=O) groups excluding carboxylic acids is 2. The number of rotatable bonds is 5. The molecule has 0 N–H and O–H groups in total. The molecule has 1 amide bonds. The molecule has 2 aromatic rings. The molecule has 5 heteroatoms. The van der Waals surface area contributed by atoms with Crippen molar-refractivity contribution in [2.45, 2.75) is 38.6 Å². The van der Waals surface area contributed by atoms with Gasteiger partial charge < -0.3 is 14.4 Å². The van der Waals surface area contributed by atoms with E-state index in [9.17, 15) is 9.59 Å². The molecular weight excluding hydrogens is 342 g/mol. The van der Waals surface area contributed by atoms with Crippen LogP contribution in [0.2, 0.25) is 0 Å². The predicted octanol–water partition coefficient (Wildman–Crippen LogP) is 3.08. The summed E-state index contributed by atoms with van der Waals surface area (Å²) in [6.45, 7) is 1.53. The molecular formula is C22H23NO4. The summed E-state index contributed by atoms with van der Waals surface area (Å²) in [5.41, 5.74) is 4.69. The molecule has 0 radical (unpaired) electrons. The first-order chi connectivity index (χ1) is 13.1. The van der Waals surface area contributed by atoms with E-state index < -0.39 is 5.97 Å². The minimum atomic E-state index is -0.538. The molecule has 27 heavy (non-hydrogen) atoms. The lowest BCUT2D eigenvalue weighted by Gasteiger charge is -2.22. The van der Waals surface area contributed by atoms with Crippen molar-refractivity contribution in [3.05, 3.63) is 59.2 Å². The molecule has 2 aromatic carbocycles. The van der Waals surface area contributed by atoms with Gasteiger partial charge in [-0.3, -0.25) is 4.79 Å². The van der Waals surface area contributed by atoms with Crippen molar-refractivity contribution >= 4 is 17.6 Å². The predicted molar refractivity (Wildman–Crippen MR) is 102 cm³/mol. The van der Waals surface area contributed by atoms with E-state index >= 15 is 0 Å². The Labute approximate surface area is 158 Å². The van der Waals surface area contributed by atoms with Gasteiger partial charge in [0.15, 0.2) is 13.2 Å². The molecule has 1 atom stereocenters. The number of anilines is 1. The first kappa shape index (κ1) is 17.6. The lowest BCUT2D eigenvalue weighted by molar-refractivity contribution is -0.149. The summed E-state index contributed by atoms with van der Waals surface area (Å²) >= 11 is 0. The van der Waals surface area contributed by atoms with Crippen molar-refractivity contribution < 1.29 is 19.1 Å². The molecule has 0 bridgehead atoms. The zero-order valence-electron chi connectivity index (χ0n) is 15.4. The van der Waals surface area contributed by atoms with Gasteiger partial charge in [-0.1, -0.05) is 24.3 Å². The number of hydrogen-bond donors (Lipinski definition) is 0. The van der Waals surface area contributed by atoms with Crippen LogP contribution in [-0.4, -0.2) is 31.1 Å². The van der Waals surface area contributed by atoms with Crippen LogP contribution >= 0.6 is 0 Å². The Bertz CT molecular complexity index is 876. The van der Waals surface area contributed by atoms with Crippen molar-refractivity contribution in [2.24, 2.45) is 0 Å². The van der Waals surface area contributed by atoms with Crippen LogP contribution in [0, 0.1) is 0 Å². The number of carbonyl (C=O) groups is 2. The molecule has 0 saturated heterocycles. The van der Waals surface area contributed by atoms with Crippen molar-refractivity contribution in [3.63, 3.8) is 0 Å². The maximum Gasteiger partial charge on any atom is 0.344 e. The average molecular weight is 365 g/mol. The summed E-state index contributed by atoms with van der Waals surface area (Å²) in [4.78, 5) is 26.2. The Morgan fingerprint density at radius 2 is 1.85 bits per heavy atom. The molecule has 140 valence electrons. The molecule has 0 spiro atoms. The third kappa shape index (κ3) is 3.68. The van der Waals surface area contributed by atoms with Crippen molar-refractivity contribution in [1.29, 1.82) is 0 Å². The number of amides is 1. The third-order valence-electron chi connectivity index (χ3n) is 5.26. The van der Waals surface area contributed by atoms with E-state index in [2.05, 4.69) is 6.07 Å². The summed E-state index contributed by atoms with van der Waals surface area (Å²) in [7, 11) is 0. The van der Waals surface area contributed by atoms with Crippen molar-refractivity contribution in [2.75, 3.05) is 18.1 Å². The maximum atomic E-state index is 12.5. The van der Waals surface area contributed by atoms with Crippen LogP contribution < -0.4 is 9.64 Å². The molecule has 1 heterocycles. The smallest absolute Gasteiger partial charge is 0.344 e. The average Bonchev–Trinajstić information content (AvgIpc) is 3.27. The molecule has 5 nitrogen and oxygen atoms in total. The van der Waals surface area contributed by atoms with E-state index in [1.165, 1.54) is 17.5 Å². The molecule has 0 aromatic heterocycles. The van der Waals surface area contributed by atoms with Gasteiger partial charge in [-0.15, -0.1) is 0 Å². The van der Waals surface area contributed by atoms with Gasteiger partial charge in [-0.2, -0.15) is 0 Å². The summed E-state index contributed by atoms with van der Waals surface area (Å²) < 4.78 is 10.7. The Hall–Kier alpha value is -2.82. The Balaban J connectivity index is 1.29. The van der Waals surface area contributed by atoms with E-state index in [4.69, 9.17) is 9.47 Å². The summed E-state index contributed by atoms with van der Waals surface area (Å²) in [5, 5.41) is 0. The number of nitrogens with zero attached hydrogens (tertiary/aromatic N) is 1. The molecule has 0 fully saturated rings. The van der Waals surface area contributed by atoms with Crippen molar-refractivity contribution in [1.82, 2.24) is 0 Å². The second-order valence-corrected chi connectivity index (χ2v) is 7.18. The molecule has 1 aliphatic carbocycles. The quantitative estimate of drug-likeness (QED) is 0.764. The molecule has 0 saturated carbocycles. The Morgan fingerprint density at radius 1 is 1.04 bits per heavy atom. The van der Waals surface area contributed by atoms with Crippen LogP contribution in [0.25, 0.3) is 0 Å². The van der Waals surface area contributed by atoms with Crippen LogP contribution in [0.4, 0.5) is 5.69 Å². The standard InChI is InChI=1S/C22H23NO4/c1-15-11-18-5-2-3-8-20(18)23(15)21(24)13-27-22(25)14-26-19-10-9-16-6-4-7-17(16)12-19/h2-3,5,8-10,12,15H,4,6-7,11,13-14H2,1H3. The number of benzene rings is 2. The molecule has 4 rings (SSSR count). The van der Waals surface area contributed by atoms with E-state index in [1.54, 1.807) is 4.90 Å². The van der Waals surface area contributed by atoms with Crippen LogP contribution in [0.15, 0.2) is 42.5 Å². The van der Waals surface area contributed by atoms with Crippen LogP contribution in [0.1, 0.15) is 30.0 Å². The van der Waals surface area contributed by atoms with E-state index in [-0.39, 0.29) is 25.2 Å². The first-order valence-electron chi connectivity index (χ1n) is 9.42. The van der Waals surface area contributed by atoms with E-state index in [1.807, 2.05) is 43.3 Å². The monoisotopic (exact) mass is 365 g/mol. The fraction of sp³-hybridized carbons (Fsp3) is 0.364. The highest BCUT2D eigenvalue weighted by molar-refractivity contribution is 5.97. The zero-order chi connectivity index (χ0) is 18.8. The topological polar surface area (TPSA) is 55.8 Å². The molecule has 2 aliphatic rings. The summed E-state index contributed by atoms with van der Waals surface area (Å²) in [6.07, 6.45) is 4.15. The van der Waals surface area contributed by atoms with E-state index in [0.717, 1.165) is 30.5 Å². The number of ether oxygens (including phenoxy) is 2.